The van der Waals surface area contributed by atoms with Gasteiger partial charge in [0, 0.05) is 32.6 Å². The summed E-state index contributed by atoms with van der Waals surface area (Å²) in [7, 11) is 0. The molecule has 1 aliphatic heterocycles. The molecule has 0 radical (unpaired) electrons. The molecular weight excluding hydrogens is 349 g/mol. The maximum atomic E-state index is 6.55. The van der Waals surface area contributed by atoms with Crippen LogP contribution in [0, 0.1) is 5.92 Å². The van der Waals surface area contributed by atoms with Crippen LogP contribution >= 0.6 is 23.2 Å². The van der Waals surface area contributed by atoms with E-state index in [9.17, 15) is 0 Å². The Hall–Kier alpha value is -1.96. The van der Waals surface area contributed by atoms with Gasteiger partial charge in [0.1, 0.15) is 0 Å². The molecule has 3 aromatic carbocycles. The molecule has 1 nitrogen and oxygen atoms in total. The zero-order valence-corrected chi connectivity index (χ0v) is 15.1. The predicted molar refractivity (Wildman–Crippen MR) is 107 cm³/mol. The van der Waals surface area contributed by atoms with E-state index in [4.69, 9.17) is 23.2 Å². The highest BCUT2D eigenvalue weighted by Gasteiger charge is 2.39. The van der Waals surface area contributed by atoms with Gasteiger partial charge in [-0.3, -0.25) is 0 Å². The molecule has 0 amide bonds. The highest BCUT2D eigenvalue weighted by atomic mass is 35.5. The molecule has 3 aromatic rings. The van der Waals surface area contributed by atoms with Gasteiger partial charge in [-0.05, 0) is 35.4 Å². The number of anilines is 1. The lowest BCUT2D eigenvalue weighted by Gasteiger charge is -2.38. The van der Waals surface area contributed by atoms with Gasteiger partial charge in [0.05, 0.1) is 6.04 Å². The molecule has 3 heteroatoms. The molecule has 0 unspecified atom stereocenters. The molecule has 0 bridgehead atoms. The average molecular weight is 366 g/mol. The summed E-state index contributed by atoms with van der Waals surface area (Å²) in [5, 5.41) is 7.78. The van der Waals surface area contributed by atoms with E-state index in [1.165, 1.54) is 22.0 Å². The van der Waals surface area contributed by atoms with Crippen molar-refractivity contribution in [1.29, 1.82) is 0 Å². The summed E-state index contributed by atoms with van der Waals surface area (Å²) in [6.45, 7) is 0. The zero-order chi connectivity index (χ0) is 17.0. The van der Waals surface area contributed by atoms with E-state index in [1.54, 1.807) is 0 Å². The number of halogens is 2. The summed E-state index contributed by atoms with van der Waals surface area (Å²) < 4.78 is 0. The van der Waals surface area contributed by atoms with Gasteiger partial charge >= 0.3 is 0 Å². The number of allylic oxidation sites excluding steroid dienone is 2. The van der Waals surface area contributed by atoms with Gasteiger partial charge in [-0.25, -0.2) is 0 Å². The summed E-state index contributed by atoms with van der Waals surface area (Å²) in [5.41, 5.74) is 3.60. The van der Waals surface area contributed by atoms with Gasteiger partial charge in [-0.2, -0.15) is 0 Å². The molecular formula is C22H17Cl2N. The smallest absolute Gasteiger partial charge is 0.0583 e. The molecule has 3 atom stereocenters. The Morgan fingerprint density at radius 3 is 2.52 bits per heavy atom. The minimum Gasteiger partial charge on any atom is -0.377 e. The second-order valence-electron chi connectivity index (χ2n) is 6.86. The normalized spacial score (nSPS) is 24.0. The van der Waals surface area contributed by atoms with Crippen LogP contribution in [0.3, 0.4) is 0 Å². The minimum atomic E-state index is 0.111. The Labute approximate surface area is 157 Å². The number of benzene rings is 3. The Balaban J connectivity index is 1.74. The summed E-state index contributed by atoms with van der Waals surface area (Å²) in [6.07, 6.45) is 5.67. The Morgan fingerprint density at radius 1 is 0.880 bits per heavy atom. The van der Waals surface area contributed by atoms with Gasteiger partial charge in [0.2, 0.25) is 0 Å². The fraction of sp³-hybridized carbons (Fsp3) is 0.182. The lowest BCUT2D eigenvalue weighted by molar-refractivity contribution is 0.426. The number of fused-ring (bicyclic) bond motifs is 5. The first-order valence-electron chi connectivity index (χ1n) is 8.63. The zero-order valence-electron chi connectivity index (χ0n) is 13.5. The third kappa shape index (κ3) is 2.30. The van der Waals surface area contributed by atoms with Crippen molar-refractivity contribution in [3.63, 3.8) is 0 Å². The van der Waals surface area contributed by atoms with E-state index in [2.05, 4.69) is 53.9 Å². The van der Waals surface area contributed by atoms with E-state index < -0.39 is 0 Å². The predicted octanol–water partition coefficient (Wildman–Crippen LogP) is 6.97. The standard InChI is InChI=1S/C22H17Cl2N/c23-18-9-4-10-19(24)20(18)22-16-8-3-7-15(16)17-12-11-13-5-1-2-6-14(13)21(17)25-22/h1-7,9-12,15-16,22,25H,8H2/t15-,16+,22-/m1/s1. The van der Waals surface area contributed by atoms with E-state index in [1.807, 2.05) is 18.2 Å². The van der Waals surface area contributed by atoms with Gasteiger partial charge in [0.15, 0.2) is 0 Å². The van der Waals surface area contributed by atoms with Crippen molar-refractivity contribution in [2.24, 2.45) is 5.92 Å². The first-order valence-corrected chi connectivity index (χ1v) is 9.38. The third-order valence-corrected chi connectivity index (χ3v) is 6.23. The lowest BCUT2D eigenvalue weighted by Crippen LogP contribution is -2.29. The summed E-state index contributed by atoms with van der Waals surface area (Å²) in [6, 6.07) is 18.9. The SMILES string of the molecule is Clc1cccc(Cl)c1[C@@H]1Nc2c(ccc3ccccc23)[C@@H]2C=CC[C@@H]21. The monoisotopic (exact) mass is 365 g/mol. The molecule has 25 heavy (non-hydrogen) atoms. The fourth-order valence-electron chi connectivity index (χ4n) is 4.43. The Bertz CT molecular complexity index is 988. The first kappa shape index (κ1) is 15.3. The highest BCUT2D eigenvalue weighted by molar-refractivity contribution is 6.36. The van der Waals surface area contributed by atoms with Crippen LogP contribution in [0.2, 0.25) is 10.0 Å². The number of nitrogens with one attached hydrogen (secondary N) is 1. The third-order valence-electron chi connectivity index (χ3n) is 5.57. The summed E-state index contributed by atoms with van der Waals surface area (Å²) >= 11 is 13.1. The summed E-state index contributed by atoms with van der Waals surface area (Å²) in [4.78, 5) is 0. The van der Waals surface area contributed by atoms with Crippen molar-refractivity contribution in [2.45, 2.75) is 18.4 Å². The quantitative estimate of drug-likeness (QED) is 0.459. The van der Waals surface area contributed by atoms with Crippen molar-refractivity contribution < 1.29 is 0 Å². The maximum Gasteiger partial charge on any atom is 0.0583 e. The molecule has 1 heterocycles. The van der Waals surface area contributed by atoms with Crippen LogP contribution in [0.15, 0.2) is 66.7 Å². The van der Waals surface area contributed by atoms with Crippen LogP contribution in [-0.2, 0) is 0 Å². The van der Waals surface area contributed by atoms with Crippen LogP contribution in [0.25, 0.3) is 10.8 Å². The van der Waals surface area contributed by atoms with Crippen molar-refractivity contribution in [2.75, 3.05) is 5.32 Å². The van der Waals surface area contributed by atoms with Crippen LogP contribution in [-0.4, -0.2) is 0 Å². The van der Waals surface area contributed by atoms with E-state index >= 15 is 0 Å². The van der Waals surface area contributed by atoms with Gasteiger partial charge in [-0.1, -0.05) is 77.8 Å². The van der Waals surface area contributed by atoms with Gasteiger partial charge < -0.3 is 5.32 Å². The van der Waals surface area contributed by atoms with Gasteiger partial charge in [0.25, 0.3) is 0 Å². The van der Waals surface area contributed by atoms with Crippen LogP contribution in [0.5, 0.6) is 0 Å². The number of rotatable bonds is 1. The van der Waals surface area contributed by atoms with E-state index in [0.717, 1.165) is 22.0 Å². The van der Waals surface area contributed by atoms with Crippen LogP contribution in [0.4, 0.5) is 5.69 Å². The average Bonchev–Trinajstić information content (AvgIpc) is 3.11. The topological polar surface area (TPSA) is 12.0 Å². The van der Waals surface area contributed by atoms with Gasteiger partial charge in [-0.15, -0.1) is 0 Å². The molecule has 0 fully saturated rings. The van der Waals surface area contributed by atoms with Crippen molar-refractivity contribution in [3.8, 4) is 0 Å². The molecule has 5 rings (SSSR count). The van der Waals surface area contributed by atoms with E-state index in [-0.39, 0.29) is 6.04 Å². The minimum absolute atomic E-state index is 0.111. The first-order chi connectivity index (χ1) is 12.2. The molecule has 0 saturated heterocycles. The molecule has 1 aliphatic carbocycles. The largest absolute Gasteiger partial charge is 0.377 e. The number of hydrogen-bond acceptors (Lipinski definition) is 1. The van der Waals surface area contributed by atoms with Crippen molar-refractivity contribution >= 4 is 39.7 Å². The summed E-state index contributed by atoms with van der Waals surface area (Å²) in [5.74, 6) is 0.837. The molecule has 0 saturated carbocycles. The second kappa shape index (κ2) is 5.79. The molecule has 0 spiro atoms. The molecule has 1 N–H and O–H groups in total. The Kier molecular flexibility index (Phi) is 3.55. The van der Waals surface area contributed by atoms with E-state index in [0.29, 0.717) is 11.8 Å². The van der Waals surface area contributed by atoms with Crippen molar-refractivity contribution in [1.82, 2.24) is 0 Å². The fourth-order valence-corrected chi connectivity index (χ4v) is 5.07. The van der Waals surface area contributed by atoms with Crippen molar-refractivity contribution in [3.05, 3.63) is 87.9 Å². The van der Waals surface area contributed by atoms with Crippen LogP contribution < -0.4 is 5.32 Å². The second-order valence-corrected chi connectivity index (χ2v) is 7.68. The molecule has 2 aliphatic rings. The number of hydrogen-bond donors (Lipinski definition) is 1. The Morgan fingerprint density at radius 2 is 1.68 bits per heavy atom. The molecule has 0 aromatic heterocycles. The molecule has 124 valence electrons. The lowest BCUT2D eigenvalue weighted by atomic mass is 9.76. The van der Waals surface area contributed by atoms with Crippen LogP contribution in [0.1, 0.15) is 29.5 Å². The maximum absolute atomic E-state index is 6.55. The highest BCUT2D eigenvalue weighted by Crippen LogP contribution is 2.53.